The van der Waals surface area contributed by atoms with Crippen LogP contribution in [-0.4, -0.2) is 11.1 Å². The zero-order chi connectivity index (χ0) is 15.4. The molecule has 0 aliphatic rings. The van der Waals surface area contributed by atoms with Crippen molar-refractivity contribution in [2.75, 3.05) is 0 Å². The van der Waals surface area contributed by atoms with Gasteiger partial charge in [0, 0.05) is 4.47 Å². The topological polar surface area (TPSA) is 37.3 Å². The third-order valence-corrected chi connectivity index (χ3v) is 4.02. The molecule has 2 aromatic carbocycles. The Hall–Kier alpha value is -1.75. The lowest BCUT2D eigenvalue weighted by molar-refractivity contribution is -0.141. The quantitative estimate of drug-likeness (QED) is 0.872. The highest BCUT2D eigenvalue weighted by molar-refractivity contribution is 9.10. The molecule has 0 bridgehead atoms. The van der Waals surface area contributed by atoms with Crippen LogP contribution in [0.3, 0.4) is 0 Å². The maximum absolute atomic E-state index is 13.6. The van der Waals surface area contributed by atoms with Crippen LogP contribution in [0.2, 0.25) is 0 Å². The first-order chi connectivity index (χ1) is 9.97. The number of halogens is 3. The maximum Gasteiger partial charge on any atom is 0.307 e. The smallest absolute Gasteiger partial charge is 0.307 e. The number of carboxylic acids is 1. The molecule has 2 nitrogen and oxygen atoms in total. The van der Waals surface area contributed by atoms with E-state index in [2.05, 4.69) is 15.9 Å². The van der Waals surface area contributed by atoms with Crippen LogP contribution in [0.15, 0.2) is 46.9 Å². The number of hydrogen-bond donors (Lipinski definition) is 1. The fraction of sp³-hybridized carbons (Fsp3) is 0.188. The van der Waals surface area contributed by atoms with Gasteiger partial charge in [0.15, 0.2) is 0 Å². The molecule has 0 saturated heterocycles. The van der Waals surface area contributed by atoms with E-state index in [4.69, 9.17) is 0 Å². The van der Waals surface area contributed by atoms with Gasteiger partial charge >= 0.3 is 5.97 Å². The van der Waals surface area contributed by atoms with Gasteiger partial charge in [0.25, 0.3) is 0 Å². The van der Waals surface area contributed by atoms with Crippen molar-refractivity contribution in [3.05, 3.63) is 69.7 Å². The molecular formula is C16H13BrF2O2. The number of hydrogen-bond acceptors (Lipinski definition) is 1. The monoisotopic (exact) mass is 354 g/mol. The lowest BCUT2D eigenvalue weighted by Crippen LogP contribution is -2.20. The van der Waals surface area contributed by atoms with Crippen molar-refractivity contribution in [1.82, 2.24) is 0 Å². The number of rotatable bonds is 5. The Balaban J connectivity index is 2.22. The molecule has 0 aromatic heterocycles. The Labute approximate surface area is 129 Å². The molecule has 1 unspecified atom stereocenters. The fourth-order valence-electron chi connectivity index (χ4n) is 2.14. The van der Waals surface area contributed by atoms with Gasteiger partial charge in [-0.25, -0.2) is 8.78 Å². The minimum atomic E-state index is -1.03. The van der Waals surface area contributed by atoms with Gasteiger partial charge in [-0.2, -0.15) is 0 Å². The lowest BCUT2D eigenvalue weighted by Gasteiger charge is -2.14. The lowest BCUT2D eigenvalue weighted by atomic mass is 9.92. The van der Waals surface area contributed by atoms with Crippen LogP contribution in [0.1, 0.15) is 11.1 Å². The van der Waals surface area contributed by atoms with Crippen LogP contribution in [-0.2, 0) is 17.6 Å². The third-order valence-electron chi connectivity index (χ3n) is 3.25. The zero-order valence-corrected chi connectivity index (χ0v) is 12.6. The number of aliphatic carboxylic acids is 1. The van der Waals surface area contributed by atoms with Crippen molar-refractivity contribution >= 4 is 21.9 Å². The molecule has 0 aliphatic carbocycles. The number of benzene rings is 2. The minimum Gasteiger partial charge on any atom is -0.481 e. The Morgan fingerprint density at radius 1 is 1.10 bits per heavy atom. The van der Waals surface area contributed by atoms with Crippen LogP contribution >= 0.6 is 15.9 Å². The Bertz CT molecular complexity index is 658. The van der Waals surface area contributed by atoms with Gasteiger partial charge in [-0.1, -0.05) is 34.1 Å². The normalized spacial score (nSPS) is 12.1. The van der Waals surface area contributed by atoms with Crippen molar-refractivity contribution in [2.24, 2.45) is 5.92 Å². The Morgan fingerprint density at radius 2 is 1.76 bits per heavy atom. The largest absolute Gasteiger partial charge is 0.481 e. The molecule has 0 spiro atoms. The van der Waals surface area contributed by atoms with Crippen molar-refractivity contribution in [1.29, 1.82) is 0 Å². The van der Waals surface area contributed by atoms with Crippen molar-refractivity contribution in [3.8, 4) is 0 Å². The van der Waals surface area contributed by atoms with Crippen molar-refractivity contribution in [2.45, 2.75) is 12.8 Å². The molecule has 0 radical (unpaired) electrons. The SMILES string of the molecule is O=C(O)C(Cc1ccccc1F)Cc1cc(F)ccc1Br. The molecule has 1 atom stereocenters. The number of carboxylic acid groups (broad SMARTS) is 1. The third kappa shape index (κ3) is 4.11. The van der Waals surface area contributed by atoms with Crippen LogP contribution in [0.25, 0.3) is 0 Å². The van der Waals surface area contributed by atoms with Crippen LogP contribution in [0.4, 0.5) is 8.78 Å². The molecule has 2 rings (SSSR count). The van der Waals surface area contributed by atoms with Gasteiger partial charge < -0.3 is 5.11 Å². The van der Waals surface area contributed by atoms with E-state index in [1.807, 2.05) is 0 Å². The summed E-state index contributed by atoms with van der Waals surface area (Å²) in [4.78, 5) is 11.4. The molecule has 0 saturated carbocycles. The summed E-state index contributed by atoms with van der Waals surface area (Å²) in [7, 11) is 0. The molecular weight excluding hydrogens is 342 g/mol. The van der Waals surface area contributed by atoms with E-state index in [0.717, 1.165) is 0 Å². The van der Waals surface area contributed by atoms with Crippen LogP contribution in [0, 0.1) is 17.6 Å². The highest BCUT2D eigenvalue weighted by Crippen LogP contribution is 2.23. The van der Waals surface area contributed by atoms with Crippen LogP contribution < -0.4 is 0 Å². The van der Waals surface area contributed by atoms with Gasteiger partial charge in [0.1, 0.15) is 11.6 Å². The Morgan fingerprint density at radius 3 is 2.43 bits per heavy atom. The van der Waals surface area contributed by atoms with Gasteiger partial charge in [-0.3, -0.25) is 4.79 Å². The second-order valence-corrected chi connectivity index (χ2v) is 5.62. The number of carbonyl (C=O) groups is 1. The second-order valence-electron chi connectivity index (χ2n) is 4.77. The summed E-state index contributed by atoms with van der Waals surface area (Å²) in [5, 5.41) is 9.32. The van der Waals surface area contributed by atoms with Gasteiger partial charge in [-0.05, 0) is 48.2 Å². The van der Waals surface area contributed by atoms with Crippen LogP contribution in [0.5, 0.6) is 0 Å². The molecule has 0 aliphatic heterocycles. The fourth-order valence-corrected chi connectivity index (χ4v) is 2.55. The molecule has 2 aromatic rings. The van der Waals surface area contributed by atoms with E-state index >= 15 is 0 Å². The van der Waals surface area contributed by atoms with E-state index in [1.165, 1.54) is 24.3 Å². The second kappa shape index (κ2) is 6.80. The zero-order valence-electron chi connectivity index (χ0n) is 11.0. The summed E-state index contributed by atoms with van der Waals surface area (Å²) >= 11 is 3.27. The predicted molar refractivity (Wildman–Crippen MR) is 79.0 cm³/mol. The first-order valence-corrected chi connectivity index (χ1v) is 7.17. The van der Waals surface area contributed by atoms with E-state index < -0.39 is 23.5 Å². The van der Waals surface area contributed by atoms with E-state index in [0.29, 0.717) is 15.6 Å². The summed E-state index contributed by atoms with van der Waals surface area (Å²) in [6, 6.07) is 10.2. The summed E-state index contributed by atoms with van der Waals surface area (Å²) in [6.45, 7) is 0. The van der Waals surface area contributed by atoms with Gasteiger partial charge in [0.05, 0.1) is 5.92 Å². The average molecular weight is 355 g/mol. The summed E-state index contributed by atoms with van der Waals surface area (Å²) in [6.07, 6.45) is 0.187. The molecule has 5 heteroatoms. The van der Waals surface area contributed by atoms with Crippen molar-refractivity contribution < 1.29 is 18.7 Å². The van der Waals surface area contributed by atoms with E-state index in [1.54, 1.807) is 18.2 Å². The van der Waals surface area contributed by atoms with E-state index in [9.17, 15) is 18.7 Å². The molecule has 0 fully saturated rings. The van der Waals surface area contributed by atoms with E-state index in [-0.39, 0.29) is 12.8 Å². The summed E-state index contributed by atoms with van der Waals surface area (Å²) in [5.74, 6) is -2.71. The first-order valence-electron chi connectivity index (χ1n) is 6.37. The predicted octanol–water partition coefficient (Wildman–Crippen LogP) is 4.21. The molecule has 21 heavy (non-hydrogen) atoms. The highest BCUT2D eigenvalue weighted by atomic mass is 79.9. The summed E-state index contributed by atoms with van der Waals surface area (Å²) < 4.78 is 27.5. The molecule has 1 N–H and O–H groups in total. The van der Waals surface area contributed by atoms with Gasteiger partial charge in [0.2, 0.25) is 0 Å². The Kier molecular flexibility index (Phi) is 5.07. The minimum absolute atomic E-state index is 0.0605. The molecule has 110 valence electrons. The standard InChI is InChI=1S/C16H13BrF2O2/c17-14-6-5-13(18)9-11(14)8-12(16(20)21)7-10-3-1-2-4-15(10)19/h1-6,9,12H,7-8H2,(H,20,21). The highest BCUT2D eigenvalue weighted by Gasteiger charge is 2.21. The van der Waals surface area contributed by atoms with Gasteiger partial charge in [-0.15, -0.1) is 0 Å². The summed E-state index contributed by atoms with van der Waals surface area (Å²) in [5.41, 5.74) is 0.899. The first kappa shape index (κ1) is 15.6. The average Bonchev–Trinajstić information content (AvgIpc) is 2.44. The molecule has 0 heterocycles. The maximum atomic E-state index is 13.6. The van der Waals surface area contributed by atoms with Crippen molar-refractivity contribution in [3.63, 3.8) is 0 Å². The molecule has 0 amide bonds.